The number of nitrogens with zero attached hydrogens (tertiary/aromatic N) is 1. The highest BCUT2D eigenvalue weighted by atomic mass is 35.5. The molecule has 120 valence electrons. The number of piperidine rings is 1. The lowest BCUT2D eigenvalue weighted by Gasteiger charge is -2.48. The number of benzene rings is 1. The zero-order chi connectivity index (χ0) is 14.1. The maximum Gasteiger partial charge on any atom is 0.0554 e. The molecule has 1 nitrogen and oxygen atoms in total. The molecular weight excluding hydrogens is 310 g/mol. The van der Waals surface area contributed by atoms with Crippen molar-refractivity contribution in [1.29, 1.82) is 0 Å². The molecule has 1 aromatic heterocycles. The molecule has 0 bridgehead atoms. The molecule has 1 aromatic carbocycles. The summed E-state index contributed by atoms with van der Waals surface area (Å²) in [5.41, 5.74) is 0.363. The van der Waals surface area contributed by atoms with Gasteiger partial charge in [0.15, 0.2) is 0 Å². The third-order valence-electron chi connectivity index (χ3n) is 5.53. The molecule has 2 aliphatic rings. The SMILES string of the molecule is Cl.c1ccc2sc(C3(N4CCCCC4)CCCCC3)cc2c1. The molecule has 0 amide bonds. The van der Waals surface area contributed by atoms with E-state index in [1.165, 1.54) is 74.5 Å². The van der Waals surface area contributed by atoms with Gasteiger partial charge in [-0.15, -0.1) is 23.7 Å². The Morgan fingerprint density at radius 3 is 2.27 bits per heavy atom. The van der Waals surface area contributed by atoms with Crippen molar-refractivity contribution in [2.75, 3.05) is 13.1 Å². The summed E-state index contributed by atoms with van der Waals surface area (Å²) in [6.45, 7) is 2.63. The van der Waals surface area contributed by atoms with E-state index in [2.05, 4.69) is 46.6 Å². The van der Waals surface area contributed by atoms with Crippen LogP contribution in [0, 0.1) is 0 Å². The zero-order valence-corrected chi connectivity index (χ0v) is 14.9. The van der Waals surface area contributed by atoms with Gasteiger partial charge in [-0.3, -0.25) is 4.90 Å². The van der Waals surface area contributed by atoms with E-state index < -0.39 is 0 Å². The first-order valence-electron chi connectivity index (χ1n) is 8.63. The highest BCUT2D eigenvalue weighted by Gasteiger charge is 2.40. The Labute approximate surface area is 144 Å². The third kappa shape index (κ3) is 2.81. The molecule has 1 aliphatic carbocycles. The number of likely N-dealkylation sites (tertiary alicyclic amines) is 1. The molecule has 22 heavy (non-hydrogen) atoms. The van der Waals surface area contributed by atoms with Crippen LogP contribution in [0.5, 0.6) is 0 Å². The Kier molecular flexibility index (Phi) is 5.11. The van der Waals surface area contributed by atoms with Crippen molar-refractivity contribution < 1.29 is 0 Å². The lowest BCUT2D eigenvalue weighted by Crippen LogP contribution is -2.49. The molecule has 0 spiro atoms. The topological polar surface area (TPSA) is 3.24 Å². The first-order valence-corrected chi connectivity index (χ1v) is 9.44. The Morgan fingerprint density at radius 2 is 1.55 bits per heavy atom. The van der Waals surface area contributed by atoms with E-state index in [1.54, 1.807) is 4.88 Å². The van der Waals surface area contributed by atoms with E-state index in [1.807, 2.05) is 0 Å². The second-order valence-corrected chi connectivity index (χ2v) is 7.87. The van der Waals surface area contributed by atoms with Crippen LogP contribution in [0.1, 0.15) is 56.2 Å². The van der Waals surface area contributed by atoms with E-state index >= 15 is 0 Å². The van der Waals surface area contributed by atoms with Crippen LogP contribution in [0.25, 0.3) is 10.1 Å². The molecule has 0 atom stereocenters. The van der Waals surface area contributed by atoms with Crippen LogP contribution in [0.3, 0.4) is 0 Å². The summed E-state index contributed by atoms with van der Waals surface area (Å²) in [6.07, 6.45) is 11.2. The molecular formula is C19H26ClNS. The summed E-state index contributed by atoms with van der Waals surface area (Å²) in [6, 6.07) is 11.4. The maximum atomic E-state index is 2.85. The Hall–Kier alpha value is -0.570. The van der Waals surface area contributed by atoms with Crippen molar-refractivity contribution in [2.24, 2.45) is 0 Å². The first kappa shape index (κ1) is 16.3. The summed E-state index contributed by atoms with van der Waals surface area (Å²) in [7, 11) is 0. The fourth-order valence-corrected chi connectivity index (χ4v) is 5.73. The van der Waals surface area contributed by atoms with Gasteiger partial charge in [-0.05, 0) is 56.3 Å². The van der Waals surface area contributed by atoms with Gasteiger partial charge in [-0.2, -0.15) is 0 Å². The molecule has 1 saturated heterocycles. The van der Waals surface area contributed by atoms with Gasteiger partial charge in [0, 0.05) is 9.58 Å². The Balaban J connectivity index is 0.00000144. The fourth-order valence-electron chi connectivity index (χ4n) is 4.39. The van der Waals surface area contributed by atoms with E-state index in [4.69, 9.17) is 0 Å². The van der Waals surface area contributed by atoms with Gasteiger partial charge in [0.1, 0.15) is 0 Å². The van der Waals surface area contributed by atoms with Gasteiger partial charge in [0.2, 0.25) is 0 Å². The molecule has 0 radical (unpaired) electrons. The third-order valence-corrected chi connectivity index (χ3v) is 6.84. The molecule has 4 rings (SSSR count). The number of fused-ring (bicyclic) bond motifs is 1. The van der Waals surface area contributed by atoms with Crippen LogP contribution in [0.4, 0.5) is 0 Å². The highest BCUT2D eigenvalue weighted by Crippen LogP contribution is 2.47. The molecule has 2 heterocycles. The summed E-state index contributed by atoms with van der Waals surface area (Å²) in [4.78, 5) is 4.49. The number of halogens is 1. The van der Waals surface area contributed by atoms with Crippen molar-refractivity contribution in [3.63, 3.8) is 0 Å². The van der Waals surface area contributed by atoms with Gasteiger partial charge < -0.3 is 0 Å². The minimum absolute atomic E-state index is 0. The number of rotatable bonds is 2. The zero-order valence-electron chi connectivity index (χ0n) is 13.2. The molecule has 3 heteroatoms. The van der Waals surface area contributed by atoms with Gasteiger partial charge in [-0.1, -0.05) is 43.9 Å². The molecule has 2 fully saturated rings. The average Bonchev–Trinajstić information content (AvgIpc) is 3.01. The quantitative estimate of drug-likeness (QED) is 0.653. The molecule has 2 aromatic rings. The van der Waals surface area contributed by atoms with Crippen molar-refractivity contribution >= 4 is 33.8 Å². The van der Waals surface area contributed by atoms with E-state index in [-0.39, 0.29) is 12.4 Å². The molecule has 0 N–H and O–H groups in total. The minimum Gasteiger partial charge on any atom is -0.293 e. The van der Waals surface area contributed by atoms with Gasteiger partial charge >= 0.3 is 0 Å². The monoisotopic (exact) mass is 335 g/mol. The standard InChI is InChI=1S/C19H25NS.ClH/c1-5-11-19(12-6-1,20-13-7-2-8-14-20)18-15-16-9-3-4-10-17(16)21-18;/h3-4,9-10,15H,1-2,5-8,11-14H2;1H. The van der Waals surface area contributed by atoms with E-state index in [0.29, 0.717) is 5.54 Å². The van der Waals surface area contributed by atoms with Crippen molar-refractivity contribution in [3.8, 4) is 0 Å². The number of hydrogen-bond acceptors (Lipinski definition) is 2. The van der Waals surface area contributed by atoms with Gasteiger partial charge in [0.25, 0.3) is 0 Å². The van der Waals surface area contributed by atoms with Crippen LogP contribution in [-0.2, 0) is 5.54 Å². The van der Waals surface area contributed by atoms with Crippen LogP contribution in [0.2, 0.25) is 0 Å². The highest BCUT2D eigenvalue weighted by molar-refractivity contribution is 7.19. The van der Waals surface area contributed by atoms with Gasteiger partial charge in [0.05, 0.1) is 5.54 Å². The Bertz CT molecular complexity index is 576. The second kappa shape index (κ2) is 6.90. The Morgan fingerprint density at radius 1 is 0.864 bits per heavy atom. The summed E-state index contributed by atoms with van der Waals surface area (Å²) < 4.78 is 1.47. The minimum atomic E-state index is 0. The van der Waals surface area contributed by atoms with E-state index in [0.717, 1.165) is 0 Å². The van der Waals surface area contributed by atoms with Crippen molar-refractivity contribution in [2.45, 2.75) is 56.9 Å². The average molecular weight is 336 g/mol. The number of hydrogen-bond donors (Lipinski definition) is 0. The van der Waals surface area contributed by atoms with Crippen LogP contribution in [-0.4, -0.2) is 18.0 Å². The van der Waals surface area contributed by atoms with Crippen molar-refractivity contribution in [1.82, 2.24) is 4.90 Å². The predicted octanol–water partition coefficient (Wildman–Crippen LogP) is 5.97. The normalized spacial score (nSPS) is 22.4. The lowest BCUT2D eigenvalue weighted by atomic mass is 9.78. The summed E-state index contributed by atoms with van der Waals surface area (Å²) >= 11 is 2.05. The predicted molar refractivity (Wildman–Crippen MR) is 99.3 cm³/mol. The maximum absolute atomic E-state index is 2.85. The van der Waals surface area contributed by atoms with Gasteiger partial charge in [-0.25, -0.2) is 0 Å². The first-order chi connectivity index (χ1) is 10.4. The van der Waals surface area contributed by atoms with Crippen LogP contribution in [0.15, 0.2) is 30.3 Å². The smallest absolute Gasteiger partial charge is 0.0554 e. The summed E-state index contributed by atoms with van der Waals surface area (Å²) in [5, 5.41) is 1.44. The van der Waals surface area contributed by atoms with Crippen LogP contribution < -0.4 is 0 Å². The van der Waals surface area contributed by atoms with E-state index in [9.17, 15) is 0 Å². The van der Waals surface area contributed by atoms with Crippen molar-refractivity contribution in [3.05, 3.63) is 35.2 Å². The molecule has 1 aliphatic heterocycles. The fraction of sp³-hybridized carbons (Fsp3) is 0.579. The molecule has 0 unspecified atom stereocenters. The molecule has 1 saturated carbocycles. The second-order valence-electron chi connectivity index (χ2n) is 6.79. The number of thiophene rings is 1. The summed E-state index contributed by atoms with van der Waals surface area (Å²) in [5.74, 6) is 0. The lowest BCUT2D eigenvalue weighted by molar-refractivity contribution is 0.0333. The van der Waals surface area contributed by atoms with Crippen LogP contribution >= 0.6 is 23.7 Å². The largest absolute Gasteiger partial charge is 0.293 e.